The predicted octanol–water partition coefficient (Wildman–Crippen LogP) is 0.109. The van der Waals surface area contributed by atoms with Crippen molar-refractivity contribution in [3.05, 3.63) is 0 Å². The molecule has 0 aromatic carbocycles. The minimum absolute atomic E-state index is 0.0124. The van der Waals surface area contributed by atoms with Crippen LogP contribution in [0.2, 0.25) is 0 Å². The Balaban J connectivity index is 3.31. The van der Waals surface area contributed by atoms with E-state index in [-0.39, 0.29) is 13.2 Å². The molecule has 0 saturated heterocycles. The molecule has 1 N–H and O–H groups in total. The number of halogens is 1. The molecule has 0 atom stereocenters. The summed E-state index contributed by atoms with van der Waals surface area (Å²) in [6.07, 6.45) is -1.56. The van der Waals surface area contributed by atoms with E-state index in [0.29, 0.717) is 0 Å². The summed E-state index contributed by atoms with van der Waals surface area (Å²) >= 11 is 0. The Morgan fingerprint density at radius 2 is 2.17 bits per heavy atom. The van der Waals surface area contributed by atoms with Crippen molar-refractivity contribution in [1.82, 2.24) is 4.90 Å². The quantitative estimate of drug-likeness (QED) is 0.369. The molecule has 0 saturated carbocycles. The first kappa shape index (κ1) is 10.8. The van der Waals surface area contributed by atoms with Gasteiger partial charge in [-0.05, 0) is 0 Å². The van der Waals surface area contributed by atoms with Crippen LogP contribution in [0.1, 0.15) is 0 Å². The Bertz CT molecular complexity index is 173. The number of likely N-dealkylation sites (N-methyl/N-ethyl adjacent to an activating group) is 1. The zero-order chi connectivity index (χ0) is 9.56. The van der Waals surface area contributed by atoms with Gasteiger partial charge in [0.2, 0.25) is 0 Å². The molecule has 12 heavy (non-hydrogen) atoms. The minimum atomic E-state index is -1.56. The second kappa shape index (κ2) is 5.48. The highest BCUT2D eigenvalue weighted by molar-refractivity contribution is 5.68. The van der Waals surface area contributed by atoms with Gasteiger partial charge >= 0.3 is 12.1 Å². The monoisotopic (exact) mass is 179 g/mol. The average Bonchev–Trinajstić information content (AvgIpc) is 1.97. The summed E-state index contributed by atoms with van der Waals surface area (Å²) in [5.41, 5.74) is 0. The molecule has 6 heteroatoms. The number of hydrogen-bond donors (Lipinski definition) is 1. The third-order valence-electron chi connectivity index (χ3n) is 1.10. The molecule has 0 aromatic heterocycles. The number of rotatable bonds is 5. The van der Waals surface area contributed by atoms with Crippen LogP contribution < -0.4 is 0 Å². The third-order valence-corrected chi connectivity index (χ3v) is 1.10. The molecule has 0 unspecified atom stereocenters. The van der Waals surface area contributed by atoms with Crippen LogP contribution in [0.4, 0.5) is 9.18 Å². The van der Waals surface area contributed by atoms with Gasteiger partial charge in [-0.2, -0.15) is 0 Å². The van der Waals surface area contributed by atoms with E-state index in [2.05, 4.69) is 4.74 Å². The van der Waals surface area contributed by atoms with E-state index in [0.717, 1.165) is 4.90 Å². The lowest BCUT2D eigenvalue weighted by Gasteiger charge is -2.10. The third kappa shape index (κ3) is 5.60. The summed E-state index contributed by atoms with van der Waals surface area (Å²) in [6, 6.07) is 0. The molecule has 0 aliphatic rings. The van der Waals surface area contributed by atoms with Gasteiger partial charge in [-0.15, -0.1) is 4.39 Å². The van der Waals surface area contributed by atoms with Crippen molar-refractivity contribution in [3.8, 4) is 0 Å². The molecule has 0 aliphatic heterocycles. The molecule has 70 valence electrons. The van der Waals surface area contributed by atoms with Crippen LogP contribution in [0.25, 0.3) is 0 Å². The summed E-state index contributed by atoms with van der Waals surface area (Å²) in [5, 5.41) is 8.11. The predicted molar refractivity (Wildman–Crippen MR) is 37.6 cm³/mol. The Kier molecular flexibility index (Phi) is 4.94. The molecule has 0 spiro atoms. The lowest BCUT2D eigenvalue weighted by atomic mass is 10.6. The molecule has 0 bridgehead atoms. The number of carbonyl (C=O) groups excluding carboxylic acids is 1. The fraction of sp³-hybridized carbons (Fsp3) is 0.667. The van der Waals surface area contributed by atoms with Gasteiger partial charge < -0.3 is 14.7 Å². The standard InChI is InChI=1S/C6H10FNO4/c1-8(6(7)11)2-3-12-4-5(9)10/h2-4H2,1H3,(H,9,10). The molecular weight excluding hydrogens is 169 g/mol. The van der Waals surface area contributed by atoms with Crippen LogP contribution in [0.15, 0.2) is 0 Å². The van der Waals surface area contributed by atoms with Crippen LogP contribution in [-0.4, -0.2) is 48.9 Å². The number of carboxylic acid groups (broad SMARTS) is 1. The van der Waals surface area contributed by atoms with Crippen molar-refractivity contribution in [3.63, 3.8) is 0 Å². The Hall–Kier alpha value is -1.17. The maximum absolute atomic E-state index is 11.8. The topological polar surface area (TPSA) is 66.8 Å². The number of amides is 1. The van der Waals surface area contributed by atoms with Crippen LogP contribution in [0, 0.1) is 0 Å². The van der Waals surface area contributed by atoms with Crippen LogP contribution in [-0.2, 0) is 9.53 Å². The first-order chi connectivity index (χ1) is 5.54. The van der Waals surface area contributed by atoms with Crippen molar-refractivity contribution in [2.24, 2.45) is 0 Å². The van der Waals surface area contributed by atoms with Gasteiger partial charge in [0, 0.05) is 13.6 Å². The number of aliphatic carboxylic acids is 1. The van der Waals surface area contributed by atoms with Crippen LogP contribution >= 0.6 is 0 Å². The van der Waals surface area contributed by atoms with Crippen molar-refractivity contribution in [2.75, 3.05) is 26.8 Å². The zero-order valence-electron chi connectivity index (χ0n) is 6.62. The number of nitrogens with zero attached hydrogens (tertiary/aromatic N) is 1. The highest BCUT2D eigenvalue weighted by atomic mass is 19.1. The first-order valence-corrected chi connectivity index (χ1v) is 3.24. The molecule has 0 aromatic rings. The minimum Gasteiger partial charge on any atom is -0.480 e. The van der Waals surface area contributed by atoms with Crippen molar-refractivity contribution < 1.29 is 23.8 Å². The van der Waals surface area contributed by atoms with E-state index in [1.165, 1.54) is 7.05 Å². The van der Waals surface area contributed by atoms with Gasteiger partial charge in [-0.25, -0.2) is 9.59 Å². The number of hydrogen-bond acceptors (Lipinski definition) is 3. The van der Waals surface area contributed by atoms with Gasteiger partial charge in [0.05, 0.1) is 6.61 Å². The maximum Gasteiger partial charge on any atom is 0.399 e. The molecule has 1 amide bonds. The van der Waals surface area contributed by atoms with E-state index in [1.54, 1.807) is 0 Å². The normalized spacial score (nSPS) is 9.50. The van der Waals surface area contributed by atoms with E-state index in [1.807, 2.05) is 0 Å². The molecular formula is C6H10FNO4. The fourth-order valence-electron chi connectivity index (χ4n) is 0.449. The Morgan fingerprint density at radius 3 is 2.58 bits per heavy atom. The maximum atomic E-state index is 11.8. The zero-order valence-corrected chi connectivity index (χ0v) is 6.62. The smallest absolute Gasteiger partial charge is 0.399 e. The lowest BCUT2D eigenvalue weighted by molar-refractivity contribution is -0.142. The van der Waals surface area contributed by atoms with Gasteiger partial charge in [0.25, 0.3) is 0 Å². The highest BCUT2D eigenvalue weighted by Crippen LogP contribution is 1.87. The summed E-state index contributed by atoms with van der Waals surface area (Å²) in [4.78, 5) is 20.7. The number of ether oxygens (including phenoxy) is 1. The second-order valence-electron chi connectivity index (χ2n) is 2.12. The van der Waals surface area contributed by atoms with E-state index >= 15 is 0 Å². The van der Waals surface area contributed by atoms with E-state index in [4.69, 9.17) is 5.11 Å². The molecule has 0 radical (unpaired) electrons. The van der Waals surface area contributed by atoms with Crippen LogP contribution in [0.3, 0.4) is 0 Å². The fourth-order valence-corrected chi connectivity index (χ4v) is 0.449. The molecule has 0 rings (SSSR count). The summed E-state index contributed by atoms with van der Waals surface area (Å²) in [5.74, 6) is -1.09. The highest BCUT2D eigenvalue weighted by Gasteiger charge is 2.05. The van der Waals surface area contributed by atoms with Crippen molar-refractivity contribution in [2.45, 2.75) is 0 Å². The number of carbonyl (C=O) groups is 2. The molecule has 5 nitrogen and oxygen atoms in total. The Labute approximate surface area is 68.7 Å². The van der Waals surface area contributed by atoms with Gasteiger partial charge in [0.15, 0.2) is 0 Å². The van der Waals surface area contributed by atoms with E-state index < -0.39 is 18.7 Å². The van der Waals surface area contributed by atoms with E-state index in [9.17, 15) is 14.0 Å². The molecule has 0 aliphatic carbocycles. The van der Waals surface area contributed by atoms with Gasteiger partial charge in [-0.1, -0.05) is 0 Å². The van der Waals surface area contributed by atoms with Crippen molar-refractivity contribution >= 4 is 12.1 Å². The lowest BCUT2D eigenvalue weighted by Crippen LogP contribution is -2.26. The summed E-state index contributed by atoms with van der Waals surface area (Å²) < 4.78 is 16.4. The summed E-state index contributed by atoms with van der Waals surface area (Å²) in [6.45, 7) is -0.380. The van der Waals surface area contributed by atoms with Gasteiger partial charge in [0.1, 0.15) is 6.61 Å². The molecule has 0 fully saturated rings. The summed E-state index contributed by atoms with van der Waals surface area (Å²) in [7, 11) is 1.26. The largest absolute Gasteiger partial charge is 0.480 e. The second-order valence-corrected chi connectivity index (χ2v) is 2.12. The van der Waals surface area contributed by atoms with Gasteiger partial charge in [-0.3, -0.25) is 0 Å². The van der Waals surface area contributed by atoms with Crippen molar-refractivity contribution in [1.29, 1.82) is 0 Å². The Morgan fingerprint density at radius 1 is 1.58 bits per heavy atom. The average molecular weight is 179 g/mol. The van der Waals surface area contributed by atoms with Crippen LogP contribution in [0.5, 0.6) is 0 Å². The number of carboxylic acids is 1. The first-order valence-electron chi connectivity index (χ1n) is 3.24. The SMILES string of the molecule is CN(CCOCC(=O)O)C(=O)F. The molecule has 0 heterocycles.